The summed E-state index contributed by atoms with van der Waals surface area (Å²) in [6.07, 6.45) is 3.92. The molecule has 2 aliphatic rings. The number of nitrogens with zero attached hydrogens (tertiary/aromatic N) is 5. The average molecular weight is 247 g/mol. The Morgan fingerprint density at radius 3 is 3.00 bits per heavy atom. The van der Waals surface area contributed by atoms with E-state index in [4.69, 9.17) is 0 Å². The van der Waals surface area contributed by atoms with Crippen LogP contribution in [0.4, 0.5) is 5.82 Å². The molecular formula is C12H17N5O. The molecule has 0 aliphatic carbocycles. The number of rotatable bonds is 3. The van der Waals surface area contributed by atoms with Crippen LogP contribution in [0.5, 0.6) is 0 Å². The molecule has 18 heavy (non-hydrogen) atoms. The summed E-state index contributed by atoms with van der Waals surface area (Å²) in [6, 6.07) is 0. The first kappa shape index (κ1) is 11.3. The Bertz CT molecular complexity index is 519. The van der Waals surface area contributed by atoms with E-state index in [-0.39, 0.29) is 5.91 Å². The Labute approximate surface area is 106 Å². The molecule has 96 valence electrons. The van der Waals surface area contributed by atoms with Gasteiger partial charge in [-0.1, -0.05) is 13.3 Å². The number of aryl methyl sites for hydroxylation is 1. The first-order valence-corrected chi connectivity index (χ1v) is 6.35. The van der Waals surface area contributed by atoms with Gasteiger partial charge >= 0.3 is 0 Å². The van der Waals surface area contributed by atoms with Gasteiger partial charge in [0.25, 0.3) is 0 Å². The zero-order chi connectivity index (χ0) is 12.7. The van der Waals surface area contributed by atoms with E-state index in [0.29, 0.717) is 6.54 Å². The zero-order valence-electron chi connectivity index (χ0n) is 10.8. The highest BCUT2D eigenvalue weighted by atomic mass is 16.2. The van der Waals surface area contributed by atoms with Crippen LogP contribution >= 0.6 is 0 Å². The van der Waals surface area contributed by atoms with E-state index in [1.165, 1.54) is 0 Å². The third kappa shape index (κ3) is 1.60. The van der Waals surface area contributed by atoms with Gasteiger partial charge in [0.05, 0.1) is 12.7 Å². The summed E-state index contributed by atoms with van der Waals surface area (Å²) in [4.78, 5) is 20.4. The lowest BCUT2D eigenvalue weighted by atomic mass is 10.3. The number of aromatic nitrogens is 2. The van der Waals surface area contributed by atoms with Crippen molar-refractivity contribution in [3.05, 3.63) is 11.8 Å². The third-order valence-electron chi connectivity index (χ3n) is 3.43. The smallest absolute Gasteiger partial charge is 0.248 e. The van der Waals surface area contributed by atoms with Gasteiger partial charge in [0.15, 0.2) is 5.82 Å². The summed E-state index contributed by atoms with van der Waals surface area (Å²) in [5.74, 6) is 1.82. The van der Waals surface area contributed by atoms with Gasteiger partial charge in [0.2, 0.25) is 11.9 Å². The number of amides is 1. The van der Waals surface area contributed by atoms with Crippen molar-refractivity contribution >= 4 is 17.7 Å². The minimum atomic E-state index is 0.156. The number of fused-ring (bicyclic) bond motifs is 2. The van der Waals surface area contributed by atoms with Crippen LogP contribution in [0, 0.1) is 0 Å². The number of aliphatic imine (C=N–C) groups is 1. The molecule has 6 heteroatoms. The molecule has 0 atom stereocenters. The van der Waals surface area contributed by atoms with Gasteiger partial charge in [-0.3, -0.25) is 14.4 Å². The van der Waals surface area contributed by atoms with Crippen molar-refractivity contribution in [1.29, 1.82) is 0 Å². The van der Waals surface area contributed by atoms with Gasteiger partial charge in [-0.25, -0.2) is 0 Å². The zero-order valence-corrected chi connectivity index (χ0v) is 10.8. The van der Waals surface area contributed by atoms with Crippen molar-refractivity contribution in [3.8, 4) is 0 Å². The minimum absolute atomic E-state index is 0.156. The fourth-order valence-electron chi connectivity index (χ4n) is 2.43. The van der Waals surface area contributed by atoms with Gasteiger partial charge in [-0.2, -0.15) is 10.1 Å². The number of carbonyl (C=O) groups is 1. The molecule has 0 bridgehead atoms. The fourth-order valence-corrected chi connectivity index (χ4v) is 2.43. The van der Waals surface area contributed by atoms with Crippen LogP contribution in [0.2, 0.25) is 0 Å². The van der Waals surface area contributed by atoms with Crippen LogP contribution in [-0.4, -0.2) is 44.5 Å². The molecule has 6 nitrogen and oxygen atoms in total. The molecule has 3 rings (SSSR count). The van der Waals surface area contributed by atoms with Crippen LogP contribution in [-0.2, 0) is 18.4 Å². The molecular weight excluding hydrogens is 230 g/mol. The molecule has 1 aromatic heterocycles. The van der Waals surface area contributed by atoms with Crippen LogP contribution in [0.1, 0.15) is 25.3 Å². The van der Waals surface area contributed by atoms with Crippen LogP contribution in [0.15, 0.2) is 11.2 Å². The largest absolute Gasteiger partial charge is 0.328 e. The molecule has 3 heterocycles. The Hall–Kier alpha value is -1.85. The first-order chi connectivity index (χ1) is 8.70. The number of hydrogen-bond donors (Lipinski definition) is 0. The molecule has 1 fully saturated rings. The predicted octanol–water partition coefficient (Wildman–Crippen LogP) is 0.865. The summed E-state index contributed by atoms with van der Waals surface area (Å²) < 4.78 is 1.76. The summed E-state index contributed by atoms with van der Waals surface area (Å²) in [7, 11) is 1.88. The molecule has 1 aromatic rings. The highest BCUT2D eigenvalue weighted by molar-refractivity contribution is 6.05. The summed E-state index contributed by atoms with van der Waals surface area (Å²) in [6.45, 7) is 4.06. The van der Waals surface area contributed by atoms with Gasteiger partial charge in [0, 0.05) is 19.2 Å². The van der Waals surface area contributed by atoms with Crippen molar-refractivity contribution in [2.24, 2.45) is 12.0 Å². The average Bonchev–Trinajstić information content (AvgIpc) is 2.85. The Kier molecular flexibility index (Phi) is 2.57. The van der Waals surface area contributed by atoms with Gasteiger partial charge in [0.1, 0.15) is 6.54 Å². The fraction of sp³-hybridized carbons (Fsp3) is 0.583. The summed E-state index contributed by atoms with van der Waals surface area (Å²) in [5, 5.41) is 4.21. The second kappa shape index (κ2) is 4.12. The van der Waals surface area contributed by atoms with E-state index in [1.807, 2.05) is 18.1 Å². The summed E-state index contributed by atoms with van der Waals surface area (Å²) in [5.41, 5.74) is 1.09. The number of hydrogen-bond acceptors (Lipinski definition) is 4. The van der Waals surface area contributed by atoms with Crippen LogP contribution in [0.3, 0.4) is 0 Å². The second-order valence-electron chi connectivity index (χ2n) is 4.78. The topological polar surface area (TPSA) is 53.7 Å². The van der Waals surface area contributed by atoms with Crippen molar-refractivity contribution in [2.75, 3.05) is 13.1 Å². The second-order valence-corrected chi connectivity index (χ2v) is 4.78. The van der Waals surface area contributed by atoms with Crippen molar-refractivity contribution in [3.63, 3.8) is 0 Å². The molecule has 0 aromatic carbocycles. The lowest BCUT2D eigenvalue weighted by Crippen LogP contribution is -2.36. The first-order valence-electron chi connectivity index (χ1n) is 6.35. The quantitative estimate of drug-likeness (QED) is 0.796. The van der Waals surface area contributed by atoms with E-state index in [2.05, 4.69) is 17.0 Å². The molecule has 1 saturated heterocycles. The highest BCUT2D eigenvalue weighted by Gasteiger charge is 2.36. The van der Waals surface area contributed by atoms with E-state index in [0.717, 1.165) is 43.3 Å². The Balaban J connectivity index is 1.94. The monoisotopic (exact) mass is 247 g/mol. The minimum Gasteiger partial charge on any atom is -0.328 e. The van der Waals surface area contributed by atoms with E-state index >= 15 is 0 Å². The maximum absolute atomic E-state index is 12.0. The van der Waals surface area contributed by atoms with E-state index in [1.54, 1.807) is 9.58 Å². The maximum atomic E-state index is 12.0. The molecule has 0 saturated carbocycles. The third-order valence-corrected chi connectivity index (χ3v) is 3.43. The molecule has 0 N–H and O–H groups in total. The lowest BCUT2D eigenvalue weighted by Gasteiger charge is -2.24. The standard InChI is InChI=1S/C12H17N5O/c1-3-4-5-17-10(18)8-16-7-9-6-13-15(2)11(9)14-12(16)17/h6H,3-5,7-8H2,1-2H3. The lowest BCUT2D eigenvalue weighted by molar-refractivity contribution is -0.125. The predicted molar refractivity (Wildman–Crippen MR) is 67.3 cm³/mol. The Morgan fingerprint density at radius 1 is 1.39 bits per heavy atom. The van der Waals surface area contributed by atoms with E-state index < -0.39 is 0 Å². The summed E-state index contributed by atoms with van der Waals surface area (Å²) >= 11 is 0. The molecule has 2 aliphatic heterocycles. The number of unbranched alkanes of at least 4 members (excludes halogenated alkanes) is 1. The molecule has 0 spiro atoms. The van der Waals surface area contributed by atoms with Crippen molar-refractivity contribution in [1.82, 2.24) is 19.6 Å². The van der Waals surface area contributed by atoms with E-state index in [9.17, 15) is 4.79 Å². The van der Waals surface area contributed by atoms with Crippen LogP contribution < -0.4 is 0 Å². The highest BCUT2D eigenvalue weighted by Crippen LogP contribution is 2.28. The van der Waals surface area contributed by atoms with Crippen molar-refractivity contribution in [2.45, 2.75) is 26.3 Å². The van der Waals surface area contributed by atoms with Gasteiger partial charge < -0.3 is 4.90 Å². The molecule has 0 unspecified atom stereocenters. The van der Waals surface area contributed by atoms with Gasteiger partial charge in [-0.15, -0.1) is 0 Å². The van der Waals surface area contributed by atoms with Gasteiger partial charge in [-0.05, 0) is 6.42 Å². The SMILES string of the molecule is CCCCN1C(=O)CN2Cc3cnn(C)c3N=C21. The van der Waals surface area contributed by atoms with Crippen LogP contribution in [0.25, 0.3) is 0 Å². The maximum Gasteiger partial charge on any atom is 0.248 e. The van der Waals surface area contributed by atoms with Crippen molar-refractivity contribution < 1.29 is 4.79 Å². The molecule has 0 radical (unpaired) electrons. The number of guanidine groups is 1. The normalized spacial score (nSPS) is 17.9. The molecule has 1 amide bonds. The number of carbonyl (C=O) groups excluding carboxylic acids is 1. The Morgan fingerprint density at radius 2 is 2.22 bits per heavy atom.